The van der Waals surface area contributed by atoms with Crippen LogP contribution in [0.25, 0.3) is 39.5 Å². The molecule has 0 aliphatic heterocycles. The molecule has 4 heterocycles. The van der Waals surface area contributed by atoms with E-state index in [0.717, 1.165) is 16.7 Å². The number of aryl methyl sites for hydroxylation is 1. The third-order valence-electron chi connectivity index (χ3n) is 4.47. The van der Waals surface area contributed by atoms with Crippen LogP contribution in [0.5, 0.6) is 0 Å². The van der Waals surface area contributed by atoms with Crippen molar-refractivity contribution >= 4 is 16.9 Å². The van der Waals surface area contributed by atoms with Gasteiger partial charge in [-0.3, -0.25) is 4.98 Å². The highest BCUT2D eigenvalue weighted by molar-refractivity contribution is 5.86. The Hall–Kier alpha value is -4.00. The normalized spacial score (nSPS) is 11.2. The standard InChI is InChI=1S/C21H16N6O/c1-13-4-2-5-14(8-13)16-11-24-27(12-16)21-25-17-9-18(15-6-3-7-23-10-15)28-19(17)20(22)26-21/h2-12H,1H3,(H2,22,25,26). The van der Waals surface area contributed by atoms with Crippen LogP contribution in [0.15, 0.2) is 71.7 Å². The van der Waals surface area contributed by atoms with Gasteiger partial charge in [0, 0.05) is 35.8 Å². The summed E-state index contributed by atoms with van der Waals surface area (Å²) in [7, 11) is 0. The molecule has 5 aromatic rings. The van der Waals surface area contributed by atoms with Crippen LogP contribution < -0.4 is 5.73 Å². The number of pyridine rings is 1. The minimum atomic E-state index is 0.266. The number of furan rings is 1. The summed E-state index contributed by atoms with van der Waals surface area (Å²) >= 11 is 0. The zero-order valence-corrected chi connectivity index (χ0v) is 15.1. The molecule has 0 saturated carbocycles. The number of nitrogen functional groups attached to an aromatic ring is 1. The monoisotopic (exact) mass is 368 g/mol. The summed E-state index contributed by atoms with van der Waals surface area (Å²) in [6.45, 7) is 2.06. The first-order valence-electron chi connectivity index (χ1n) is 8.77. The second-order valence-corrected chi connectivity index (χ2v) is 6.52. The number of hydrogen-bond acceptors (Lipinski definition) is 6. The van der Waals surface area contributed by atoms with Gasteiger partial charge in [-0.15, -0.1) is 0 Å². The van der Waals surface area contributed by atoms with Crippen LogP contribution >= 0.6 is 0 Å². The van der Waals surface area contributed by atoms with Gasteiger partial charge in [0.1, 0.15) is 11.3 Å². The van der Waals surface area contributed by atoms with Crippen molar-refractivity contribution in [3.63, 3.8) is 0 Å². The van der Waals surface area contributed by atoms with Crippen LogP contribution in [0.2, 0.25) is 0 Å². The lowest BCUT2D eigenvalue weighted by Gasteiger charge is -2.01. The van der Waals surface area contributed by atoms with E-state index in [1.807, 2.05) is 36.5 Å². The average molecular weight is 368 g/mol. The number of fused-ring (bicyclic) bond motifs is 1. The van der Waals surface area contributed by atoms with Gasteiger partial charge in [-0.25, -0.2) is 9.67 Å². The maximum Gasteiger partial charge on any atom is 0.253 e. The summed E-state index contributed by atoms with van der Waals surface area (Å²) in [5, 5.41) is 4.40. The van der Waals surface area contributed by atoms with Gasteiger partial charge in [-0.2, -0.15) is 10.1 Å². The number of nitrogens with zero attached hydrogens (tertiary/aromatic N) is 5. The number of rotatable bonds is 3. The highest BCUT2D eigenvalue weighted by Crippen LogP contribution is 2.29. The minimum absolute atomic E-state index is 0.266. The largest absolute Gasteiger partial charge is 0.450 e. The van der Waals surface area contributed by atoms with Crippen molar-refractivity contribution in [3.8, 4) is 28.4 Å². The fourth-order valence-corrected chi connectivity index (χ4v) is 3.10. The van der Waals surface area contributed by atoms with Gasteiger partial charge in [-0.1, -0.05) is 29.8 Å². The van der Waals surface area contributed by atoms with E-state index < -0.39 is 0 Å². The topological polar surface area (TPSA) is 95.7 Å². The molecule has 0 aliphatic carbocycles. The molecule has 7 nitrogen and oxygen atoms in total. The Bertz CT molecular complexity index is 1290. The molecule has 0 spiro atoms. The molecule has 2 N–H and O–H groups in total. The Kier molecular flexibility index (Phi) is 3.65. The molecule has 4 aromatic heterocycles. The first-order chi connectivity index (χ1) is 13.7. The van der Waals surface area contributed by atoms with Crippen molar-refractivity contribution in [1.29, 1.82) is 0 Å². The lowest BCUT2D eigenvalue weighted by Crippen LogP contribution is -2.04. The van der Waals surface area contributed by atoms with E-state index in [1.165, 1.54) is 5.56 Å². The quantitative estimate of drug-likeness (QED) is 0.516. The number of anilines is 1. The Balaban J connectivity index is 1.57. The molecule has 136 valence electrons. The van der Waals surface area contributed by atoms with Gasteiger partial charge in [0.25, 0.3) is 5.95 Å². The van der Waals surface area contributed by atoms with Crippen LogP contribution in [-0.2, 0) is 0 Å². The summed E-state index contributed by atoms with van der Waals surface area (Å²) in [5.41, 5.74) is 11.3. The predicted octanol–water partition coefficient (Wildman–Crippen LogP) is 4.03. The van der Waals surface area contributed by atoms with Gasteiger partial charge in [0.15, 0.2) is 11.4 Å². The summed E-state index contributed by atoms with van der Waals surface area (Å²) in [4.78, 5) is 13.0. The highest BCUT2D eigenvalue weighted by atomic mass is 16.3. The fourth-order valence-electron chi connectivity index (χ4n) is 3.10. The summed E-state index contributed by atoms with van der Waals surface area (Å²) in [6, 6.07) is 13.8. The van der Waals surface area contributed by atoms with Gasteiger partial charge in [-0.05, 0) is 24.6 Å². The van der Waals surface area contributed by atoms with E-state index in [9.17, 15) is 0 Å². The van der Waals surface area contributed by atoms with Crippen LogP contribution in [0.1, 0.15) is 5.56 Å². The first kappa shape index (κ1) is 16.2. The van der Waals surface area contributed by atoms with Crippen LogP contribution in [0.4, 0.5) is 5.82 Å². The molecule has 0 atom stereocenters. The Morgan fingerprint density at radius 1 is 0.964 bits per heavy atom. The van der Waals surface area contributed by atoms with Crippen molar-refractivity contribution in [2.45, 2.75) is 6.92 Å². The summed E-state index contributed by atoms with van der Waals surface area (Å²) in [5.74, 6) is 1.30. The zero-order valence-electron chi connectivity index (χ0n) is 15.1. The van der Waals surface area contributed by atoms with E-state index in [1.54, 1.807) is 23.3 Å². The maximum absolute atomic E-state index is 6.12. The number of aromatic nitrogens is 5. The highest BCUT2D eigenvalue weighted by Gasteiger charge is 2.15. The molecule has 0 radical (unpaired) electrons. The molecular weight excluding hydrogens is 352 g/mol. The van der Waals surface area contributed by atoms with Crippen molar-refractivity contribution in [2.75, 3.05) is 5.73 Å². The zero-order chi connectivity index (χ0) is 19.1. The molecule has 7 heteroatoms. The third kappa shape index (κ3) is 2.79. The molecule has 0 bridgehead atoms. The van der Waals surface area contributed by atoms with E-state index in [4.69, 9.17) is 10.2 Å². The van der Waals surface area contributed by atoms with E-state index in [0.29, 0.717) is 22.8 Å². The number of hydrogen-bond donors (Lipinski definition) is 1. The molecule has 0 unspecified atom stereocenters. The molecule has 0 amide bonds. The van der Waals surface area contributed by atoms with E-state index >= 15 is 0 Å². The smallest absolute Gasteiger partial charge is 0.253 e. The Morgan fingerprint density at radius 2 is 1.86 bits per heavy atom. The Morgan fingerprint density at radius 3 is 2.68 bits per heavy atom. The molecule has 0 fully saturated rings. The first-order valence-corrected chi connectivity index (χ1v) is 8.77. The molecule has 28 heavy (non-hydrogen) atoms. The van der Waals surface area contributed by atoms with Crippen LogP contribution in [-0.4, -0.2) is 24.7 Å². The van der Waals surface area contributed by atoms with Crippen molar-refractivity contribution in [2.24, 2.45) is 0 Å². The van der Waals surface area contributed by atoms with Crippen molar-refractivity contribution in [1.82, 2.24) is 24.7 Å². The van der Waals surface area contributed by atoms with Crippen LogP contribution in [0.3, 0.4) is 0 Å². The maximum atomic E-state index is 6.12. The van der Waals surface area contributed by atoms with E-state index in [2.05, 4.69) is 39.1 Å². The molecule has 0 aliphatic rings. The second-order valence-electron chi connectivity index (χ2n) is 6.52. The van der Waals surface area contributed by atoms with Gasteiger partial charge < -0.3 is 10.2 Å². The molecular formula is C21H16N6O. The molecule has 5 rings (SSSR count). The van der Waals surface area contributed by atoms with Crippen LogP contribution in [0, 0.1) is 6.92 Å². The van der Waals surface area contributed by atoms with Gasteiger partial charge in [0.05, 0.1) is 6.20 Å². The molecule has 1 aromatic carbocycles. The number of nitrogens with two attached hydrogens (primary N) is 1. The van der Waals surface area contributed by atoms with Crippen molar-refractivity contribution < 1.29 is 4.42 Å². The fraction of sp³-hybridized carbons (Fsp3) is 0.0476. The summed E-state index contributed by atoms with van der Waals surface area (Å²) < 4.78 is 7.46. The van der Waals surface area contributed by atoms with Gasteiger partial charge in [0.2, 0.25) is 0 Å². The Labute approximate surface area is 160 Å². The molecule has 0 saturated heterocycles. The SMILES string of the molecule is Cc1cccc(-c2cnn(-c3nc(N)c4oc(-c5cccnc5)cc4n3)c2)c1. The predicted molar refractivity (Wildman–Crippen MR) is 107 cm³/mol. The number of benzene rings is 1. The average Bonchev–Trinajstić information content (AvgIpc) is 3.36. The van der Waals surface area contributed by atoms with E-state index in [-0.39, 0.29) is 5.82 Å². The van der Waals surface area contributed by atoms with Gasteiger partial charge >= 0.3 is 0 Å². The summed E-state index contributed by atoms with van der Waals surface area (Å²) in [6.07, 6.45) is 7.11. The van der Waals surface area contributed by atoms with Crippen molar-refractivity contribution in [3.05, 3.63) is 72.8 Å². The second kappa shape index (κ2) is 6.31. The lowest BCUT2D eigenvalue weighted by atomic mass is 10.1. The third-order valence-corrected chi connectivity index (χ3v) is 4.47. The minimum Gasteiger partial charge on any atom is -0.450 e. The lowest BCUT2D eigenvalue weighted by molar-refractivity contribution is 0.629.